The van der Waals surface area contributed by atoms with E-state index >= 15 is 0 Å². The van der Waals surface area contributed by atoms with Crippen LogP contribution in [0.5, 0.6) is 5.75 Å². The van der Waals surface area contributed by atoms with E-state index in [4.69, 9.17) is 9.26 Å². The fourth-order valence-electron chi connectivity index (χ4n) is 5.37. The number of fused-ring (bicyclic) bond motifs is 1. The molecule has 7 nitrogen and oxygen atoms in total. The Kier molecular flexibility index (Phi) is 5.70. The Labute approximate surface area is 192 Å². The van der Waals surface area contributed by atoms with Crippen LogP contribution in [0.1, 0.15) is 44.7 Å². The first kappa shape index (κ1) is 21.7. The van der Waals surface area contributed by atoms with E-state index in [0.717, 1.165) is 49.1 Å². The minimum Gasteiger partial charge on any atom is -0.492 e. The maximum atomic E-state index is 13.5. The molecule has 8 heteroatoms. The minimum absolute atomic E-state index is 0.101. The first-order chi connectivity index (χ1) is 16.1. The van der Waals surface area contributed by atoms with Crippen LogP contribution in [-0.2, 0) is 0 Å². The predicted octanol–water partition coefficient (Wildman–Crippen LogP) is 4.88. The van der Waals surface area contributed by atoms with Crippen molar-refractivity contribution in [1.82, 2.24) is 15.4 Å². The summed E-state index contributed by atoms with van der Waals surface area (Å²) in [5, 5.41) is 8.22. The summed E-state index contributed by atoms with van der Waals surface area (Å²) < 4.78 is 24.8. The number of nitrogens with zero attached hydrogens (tertiary/aromatic N) is 3. The number of urea groups is 1. The lowest BCUT2D eigenvalue weighted by atomic mass is 9.89. The molecule has 0 radical (unpaired) electrons. The molecule has 0 aliphatic carbocycles. The lowest BCUT2D eigenvalue weighted by Crippen LogP contribution is -2.61. The van der Waals surface area contributed by atoms with Gasteiger partial charge in [0.05, 0.1) is 24.5 Å². The van der Waals surface area contributed by atoms with Gasteiger partial charge < -0.3 is 14.6 Å². The van der Waals surface area contributed by atoms with E-state index in [9.17, 15) is 9.18 Å². The zero-order valence-electron chi connectivity index (χ0n) is 19.0. The summed E-state index contributed by atoms with van der Waals surface area (Å²) in [7, 11) is 0. The second-order valence-electron chi connectivity index (χ2n) is 8.70. The normalized spacial score (nSPS) is 22.2. The van der Waals surface area contributed by atoms with Crippen molar-refractivity contribution >= 4 is 22.7 Å². The van der Waals surface area contributed by atoms with E-state index in [-0.39, 0.29) is 17.8 Å². The standard InChI is InChI=1S/C25H29FN4O3/c1-3-25(16-27-24(31)30(25)20-7-5-6-8-21(20)32-4-2)29-13-11-17(12-14-29)23-19-10-9-18(26)15-22(19)33-28-23/h5-10,15,17H,3-4,11-14,16H2,1-2H3,(H,27,31). The first-order valence-electron chi connectivity index (χ1n) is 11.7. The Morgan fingerprint density at radius 2 is 2.00 bits per heavy atom. The Hall–Kier alpha value is -3.13. The van der Waals surface area contributed by atoms with Gasteiger partial charge in [0, 0.05) is 30.5 Å². The quantitative estimate of drug-likeness (QED) is 0.577. The summed E-state index contributed by atoms with van der Waals surface area (Å²) in [5.74, 6) is 0.623. The van der Waals surface area contributed by atoms with E-state index in [1.54, 1.807) is 6.07 Å². The van der Waals surface area contributed by atoms with E-state index in [2.05, 4.69) is 22.3 Å². The SMILES string of the molecule is CCOc1ccccc1N1C(=O)NCC1(CC)N1CCC(c2noc3cc(F)ccc23)CC1. The number of amides is 2. The number of nitrogens with one attached hydrogen (secondary N) is 1. The maximum Gasteiger partial charge on any atom is 0.323 e. The molecule has 1 unspecified atom stereocenters. The van der Waals surface area contributed by atoms with Crippen LogP contribution >= 0.6 is 0 Å². The average molecular weight is 453 g/mol. The van der Waals surface area contributed by atoms with Gasteiger partial charge in [0.25, 0.3) is 0 Å². The van der Waals surface area contributed by atoms with E-state index in [1.807, 2.05) is 36.1 Å². The Morgan fingerprint density at radius 3 is 2.76 bits per heavy atom. The number of halogens is 1. The third kappa shape index (κ3) is 3.62. The number of carbonyl (C=O) groups is 1. The highest BCUT2D eigenvalue weighted by molar-refractivity contribution is 5.97. The van der Waals surface area contributed by atoms with E-state index < -0.39 is 5.66 Å². The smallest absolute Gasteiger partial charge is 0.323 e. The van der Waals surface area contributed by atoms with Crippen molar-refractivity contribution in [3.63, 3.8) is 0 Å². The van der Waals surface area contributed by atoms with Gasteiger partial charge in [-0.05, 0) is 50.5 Å². The van der Waals surface area contributed by atoms with Gasteiger partial charge in [-0.15, -0.1) is 0 Å². The van der Waals surface area contributed by atoms with Gasteiger partial charge in [0.1, 0.15) is 17.2 Å². The van der Waals surface area contributed by atoms with Gasteiger partial charge in [-0.2, -0.15) is 0 Å². The largest absolute Gasteiger partial charge is 0.492 e. The average Bonchev–Trinajstić information content (AvgIpc) is 3.41. The van der Waals surface area contributed by atoms with Gasteiger partial charge in [0.15, 0.2) is 5.58 Å². The lowest BCUT2D eigenvalue weighted by Gasteiger charge is -2.48. The summed E-state index contributed by atoms with van der Waals surface area (Å²) in [6.07, 6.45) is 2.55. The second-order valence-corrected chi connectivity index (χ2v) is 8.70. The van der Waals surface area contributed by atoms with Crippen LogP contribution in [0.2, 0.25) is 0 Å². The molecule has 0 bridgehead atoms. The van der Waals surface area contributed by atoms with Crippen molar-refractivity contribution < 1.29 is 18.4 Å². The maximum absolute atomic E-state index is 13.5. The van der Waals surface area contributed by atoms with Crippen molar-refractivity contribution in [3.05, 3.63) is 54.0 Å². The molecule has 0 saturated carbocycles. The fourth-order valence-corrected chi connectivity index (χ4v) is 5.37. The summed E-state index contributed by atoms with van der Waals surface area (Å²) in [4.78, 5) is 17.3. The molecule has 2 aliphatic heterocycles. The third-order valence-corrected chi connectivity index (χ3v) is 7.05. The van der Waals surface area contributed by atoms with Crippen LogP contribution in [0.15, 0.2) is 47.0 Å². The van der Waals surface area contributed by atoms with Gasteiger partial charge in [-0.1, -0.05) is 24.2 Å². The van der Waals surface area contributed by atoms with Crippen LogP contribution in [0, 0.1) is 5.82 Å². The van der Waals surface area contributed by atoms with Crippen molar-refractivity contribution in [1.29, 1.82) is 0 Å². The van der Waals surface area contributed by atoms with E-state index in [0.29, 0.717) is 24.5 Å². The summed E-state index contributed by atoms with van der Waals surface area (Å²) in [6, 6.07) is 12.2. The molecule has 2 saturated heterocycles. The van der Waals surface area contributed by atoms with Crippen LogP contribution < -0.4 is 15.0 Å². The molecule has 3 heterocycles. The molecule has 3 aromatic rings. The Bertz CT molecular complexity index is 1160. The summed E-state index contributed by atoms with van der Waals surface area (Å²) >= 11 is 0. The number of ether oxygens (including phenoxy) is 1. The topological polar surface area (TPSA) is 70.8 Å². The molecule has 1 atom stereocenters. The zero-order chi connectivity index (χ0) is 23.0. The molecule has 174 valence electrons. The van der Waals surface area contributed by atoms with Crippen LogP contribution in [-0.4, -0.2) is 48.0 Å². The molecular weight excluding hydrogens is 423 g/mol. The number of rotatable bonds is 6. The first-order valence-corrected chi connectivity index (χ1v) is 11.7. The molecule has 1 aromatic heterocycles. The molecule has 1 N–H and O–H groups in total. The number of likely N-dealkylation sites (tertiary alicyclic amines) is 1. The molecule has 2 amide bonds. The highest BCUT2D eigenvalue weighted by Gasteiger charge is 2.50. The van der Waals surface area contributed by atoms with Crippen molar-refractivity contribution in [2.45, 2.75) is 44.7 Å². The Balaban J connectivity index is 1.41. The minimum atomic E-state index is -0.468. The molecule has 0 spiro atoms. The van der Waals surface area contributed by atoms with Crippen LogP contribution in [0.25, 0.3) is 11.0 Å². The highest BCUT2D eigenvalue weighted by atomic mass is 19.1. The number of carbonyl (C=O) groups excluding carboxylic acids is 1. The number of hydrogen-bond donors (Lipinski definition) is 1. The molecular formula is C25H29FN4O3. The van der Waals surface area contributed by atoms with E-state index in [1.165, 1.54) is 12.1 Å². The van der Waals surface area contributed by atoms with Crippen molar-refractivity contribution in [3.8, 4) is 5.75 Å². The fraction of sp³-hybridized carbons (Fsp3) is 0.440. The van der Waals surface area contributed by atoms with Gasteiger partial charge in [-0.3, -0.25) is 9.80 Å². The number of piperidine rings is 1. The number of benzene rings is 2. The molecule has 2 fully saturated rings. The third-order valence-electron chi connectivity index (χ3n) is 7.05. The van der Waals surface area contributed by atoms with Gasteiger partial charge in [-0.25, -0.2) is 9.18 Å². The van der Waals surface area contributed by atoms with Gasteiger partial charge >= 0.3 is 6.03 Å². The molecule has 33 heavy (non-hydrogen) atoms. The summed E-state index contributed by atoms with van der Waals surface area (Å²) in [6.45, 7) is 6.79. The molecule has 2 aliphatic rings. The van der Waals surface area contributed by atoms with Crippen LogP contribution in [0.4, 0.5) is 14.9 Å². The van der Waals surface area contributed by atoms with Gasteiger partial charge in [0.2, 0.25) is 0 Å². The van der Waals surface area contributed by atoms with Crippen LogP contribution in [0.3, 0.4) is 0 Å². The zero-order valence-corrected chi connectivity index (χ0v) is 19.0. The monoisotopic (exact) mass is 452 g/mol. The Morgan fingerprint density at radius 1 is 1.21 bits per heavy atom. The van der Waals surface area contributed by atoms with Crippen molar-refractivity contribution in [2.75, 3.05) is 31.1 Å². The molecule has 2 aromatic carbocycles. The lowest BCUT2D eigenvalue weighted by molar-refractivity contribution is 0.0728. The number of hydrogen-bond acceptors (Lipinski definition) is 5. The second kappa shape index (κ2) is 8.67. The predicted molar refractivity (Wildman–Crippen MR) is 124 cm³/mol. The number of anilines is 1. The molecule has 5 rings (SSSR count). The highest BCUT2D eigenvalue weighted by Crippen LogP contribution is 2.42. The summed E-state index contributed by atoms with van der Waals surface area (Å²) in [5.41, 5.74) is 1.71. The number of aromatic nitrogens is 1. The van der Waals surface area contributed by atoms with Crippen molar-refractivity contribution in [2.24, 2.45) is 0 Å². The number of para-hydroxylation sites is 2.